The van der Waals surface area contributed by atoms with Crippen molar-refractivity contribution >= 4 is 6.21 Å². The van der Waals surface area contributed by atoms with Crippen LogP contribution >= 0.6 is 0 Å². The maximum atomic E-state index is 3.86. The van der Waals surface area contributed by atoms with E-state index < -0.39 is 0 Å². The summed E-state index contributed by atoms with van der Waals surface area (Å²) in [7, 11) is 1.75. The normalized spacial score (nSPS) is 14.1. The number of hydrogen-bond acceptors (Lipinski definition) is 1. The van der Waals surface area contributed by atoms with Crippen LogP contribution in [0.2, 0.25) is 0 Å². The Morgan fingerprint density at radius 1 is 1.45 bits per heavy atom. The minimum atomic E-state index is 1.12. The highest BCUT2D eigenvalue weighted by atomic mass is 14.6. The van der Waals surface area contributed by atoms with Crippen molar-refractivity contribution in [3.63, 3.8) is 0 Å². The number of allylic oxidation sites excluding steroid dienone is 5. The van der Waals surface area contributed by atoms with E-state index in [1.54, 1.807) is 13.3 Å². The molecule has 0 spiro atoms. The zero-order valence-corrected chi connectivity index (χ0v) is 7.46. The summed E-state index contributed by atoms with van der Waals surface area (Å²) >= 11 is 0. The van der Waals surface area contributed by atoms with E-state index >= 15 is 0 Å². The molecule has 60 valence electrons. The average molecular weight is 149 g/mol. The molecule has 0 saturated carbocycles. The summed E-state index contributed by atoms with van der Waals surface area (Å²) in [5.74, 6) is 0. The highest BCUT2D eigenvalue weighted by molar-refractivity contribution is 5.74. The zero-order chi connectivity index (χ0) is 8.69. The van der Waals surface area contributed by atoms with Crippen LogP contribution in [0.25, 0.3) is 0 Å². The molecule has 0 radical (unpaired) electrons. The zero-order valence-electron chi connectivity index (χ0n) is 7.46. The van der Waals surface area contributed by atoms with Crippen molar-refractivity contribution in [3.8, 4) is 0 Å². The Kier molecular flexibility index (Phi) is 5.09. The molecule has 0 aliphatic rings. The van der Waals surface area contributed by atoms with Crippen molar-refractivity contribution in [2.24, 2.45) is 4.99 Å². The third-order valence-electron chi connectivity index (χ3n) is 1.51. The summed E-state index contributed by atoms with van der Waals surface area (Å²) in [5, 5.41) is 0. The average Bonchev–Trinajstić information content (AvgIpc) is 2.05. The monoisotopic (exact) mass is 149 g/mol. The van der Waals surface area contributed by atoms with Gasteiger partial charge in [-0.3, -0.25) is 4.99 Å². The Morgan fingerprint density at radius 2 is 2.09 bits per heavy atom. The largest absolute Gasteiger partial charge is 0.296 e. The third kappa shape index (κ3) is 3.56. The van der Waals surface area contributed by atoms with E-state index in [0.717, 1.165) is 5.57 Å². The molecular weight excluding hydrogens is 134 g/mol. The van der Waals surface area contributed by atoms with Crippen LogP contribution in [-0.2, 0) is 0 Å². The highest BCUT2D eigenvalue weighted by Crippen LogP contribution is 2.08. The van der Waals surface area contributed by atoms with Gasteiger partial charge in [0.25, 0.3) is 0 Å². The van der Waals surface area contributed by atoms with Crippen LogP contribution < -0.4 is 0 Å². The number of nitrogens with zero attached hydrogens (tertiary/aromatic N) is 1. The lowest BCUT2D eigenvalue weighted by atomic mass is 10.1. The summed E-state index contributed by atoms with van der Waals surface area (Å²) in [6.45, 7) is 7.77. The van der Waals surface area contributed by atoms with E-state index in [1.807, 2.05) is 19.1 Å². The number of rotatable bonds is 3. The van der Waals surface area contributed by atoms with Crippen LogP contribution in [0.1, 0.15) is 13.8 Å². The van der Waals surface area contributed by atoms with Crippen molar-refractivity contribution in [2.75, 3.05) is 7.05 Å². The van der Waals surface area contributed by atoms with Crippen LogP contribution in [0.15, 0.2) is 40.9 Å². The molecule has 0 aliphatic heterocycles. The third-order valence-corrected chi connectivity index (χ3v) is 1.51. The van der Waals surface area contributed by atoms with E-state index in [4.69, 9.17) is 0 Å². The molecule has 0 amide bonds. The molecule has 0 aromatic carbocycles. The van der Waals surface area contributed by atoms with E-state index in [9.17, 15) is 0 Å². The smallest absolute Gasteiger partial charge is 0.0277 e. The first-order valence-electron chi connectivity index (χ1n) is 3.64. The molecule has 0 rings (SSSR count). The quantitative estimate of drug-likeness (QED) is 0.432. The van der Waals surface area contributed by atoms with Gasteiger partial charge in [-0.15, -0.1) is 0 Å². The Morgan fingerprint density at radius 3 is 2.45 bits per heavy atom. The Hall–Kier alpha value is -1.11. The maximum absolute atomic E-state index is 3.86. The van der Waals surface area contributed by atoms with Gasteiger partial charge in [-0.1, -0.05) is 18.7 Å². The van der Waals surface area contributed by atoms with Gasteiger partial charge in [-0.2, -0.15) is 0 Å². The fraction of sp³-hybridized carbons (Fsp3) is 0.300. The Labute approximate surface area is 68.9 Å². The maximum Gasteiger partial charge on any atom is 0.0277 e. The second-order valence-corrected chi connectivity index (χ2v) is 2.21. The van der Waals surface area contributed by atoms with E-state index in [1.165, 1.54) is 5.57 Å². The molecule has 1 nitrogen and oxygen atoms in total. The summed E-state index contributed by atoms with van der Waals surface area (Å²) < 4.78 is 0. The highest BCUT2D eigenvalue weighted by Gasteiger charge is 1.89. The first-order chi connectivity index (χ1) is 5.26. The number of hydrogen-bond donors (Lipinski definition) is 0. The van der Waals surface area contributed by atoms with E-state index in [0.29, 0.717) is 0 Å². The molecule has 0 N–H and O–H groups in total. The van der Waals surface area contributed by atoms with Crippen molar-refractivity contribution in [1.29, 1.82) is 0 Å². The van der Waals surface area contributed by atoms with Crippen LogP contribution in [0.3, 0.4) is 0 Å². The summed E-state index contributed by atoms with van der Waals surface area (Å²) in [6, 6.07) is 0. The van der Waals surface area contributed by atoms with Gasteiger partial charge in [-0.05, 0) is 31.1 Å². The molecule has 0 aromatic heterocycles. The lowest BCUT2D eigenvalue weighted by Crippen LogP contribution is -1.80. The van der Waals surface area contributed by atoms with Gasteiger partial charge in [-0.25, -0.2) is 0 Å². The molecule has 1 heteroatoms. The van der Waals surface area contributed by atoms with E-state index in [-0.39, 0.29) is 0 Å². The fourth-order valence-electron chi connectivity index (χ4n) is 0.682. The molecule has 0 aliphatic carbocycles. The lowest BCUT2D eigenvalue weighted by molar-refractivity contribution is 1.40. The molecule has 0 fully saturated rings. The Balaban J connectivity index is 4.52. The molecule has 0 atom stereocenters. The van der Waals surface area contributed by atoms with Crippen LogP contribution in [-0.4, -0.2) is 13.3 Å². The van der Waals surface area contributed by atoms with Crippen molar-refractivity contribution < 1.29 is 0 Å². The minimum Gasteiger partial charge on any atom is -0.296 e. The van der Waals surface area contributed by atoms with Gasteiger partial charge in [0.05, 0.1) is 0 Å². The lowest BCUT2D eigenvalue weighted by Gasteiger charge is -1.97. The second kappa shape index (κ2) is 5.66. The molecule has 0 saturated heterocycles. The predicted molar refractivity (Wildman–Crippen MR) is 52.1 cm³/mol. The molecule has 0 aromatic rings. The molecule has 11 heavy (non-hydrogen) atoms. The van der Waals surface area contributed by atoms with Crippen LogP contribution in [0.4, 0.5) is 0 Å². The van der Waals surface area contributed by atoms with Gasteiger partial charge < -0.3 is 0 Å². The molecule has 0 unspecified atom stereocenters. The second-order valence-electron chi connectivity index (χ2n) is 2.21. The molecular formula is C10H15N. The summed E-state index contributed by atoms with van der Waals surface area (Å²) in [5.41, 5.74) is 2.35. The standard InChI is InChI=1S/C10H15N/c1-5-9(3)10(6-2)7-8-11-4/h5-8H,2H2,1,3-4H3. The van der Waals surface area contributed by atoms with Crippen molar-refractivity contribution in [3.05, 3.63) is 36.0 Å². The summed E-state index contributed by atoms with van der Waals surface area (Å²) in [4.78, 5) is 3.86. The molecule has 0 bridgehead atoms. The topological polar surface area (TPSA) is 12.4 Å². The molecule has 0 heterocycles. The fourth-order valence-corrected chi connectivity index (χ4v) is 0.682. The van der Waals surface area contributed by atoms with E-state index in [2.05, 4.69) is 24.6 Å². The van der Waals surface area contributed by atoms with Gasteiger partial charge in [0.15, 0.2) is 0 Å². The first-order valence-corrected chi connectivity index (χ1v) is 3.64. The van der Waals surface area contributed by atoms with Gasteiger partial charge in [0.2, 0.25) is 0 Å². The van der Waals surface area contributed by atoms with Crippen LogP contribution in [0, 0.1) is 0 Å². The minimum absolute atomic E-state index is 1.12. The van der Waals surface area contributed by atoms with Crippen molar-refractivity contribution in [1.82, 2.24) is 0 Å². The number of aliphatic imine (C=N–C) groups is 1. The van der Waals surface area contributed by atoms with Crippen LogP contribution in [0.5, 0.6) is 0 Å². The predicted octanol–water partition coefficient (Wildman–Crippen LogP) is 2.77. The Bertz CT molecular complexity index is 207. The first kappa shape index (κ1) is 9.89. The van der Waals surface area contributed by atoms with Gasteiger partial charge in [0.1, 0.15) is 0 Å². The van der Waals surface area contributed by atoms with Gasteiger partial charge >= 0.3 is 0 Å². The van der Waals surface area contributed by atoms with Crippen molar-refractivity contribution in [2.45, 2.75) is 13.8 Å². The summed E-state index contributed by atoms with van der Waals surface area (Å²) in [6.07, 6.45) is 7.60. The SMILES string of the molecule is C=CC(=CC=NC)C(C)=CC. The van der Waals surface area contributed by atoms with Gasteiger partial charge in [0, 0.05) is 13.3 Å².